The van der Waals surface area contributed by atoms with Crippen LogP contribution in [0.5, 0.6) is 0 Å². The van der Waals surface area contributed by atoms with Crippen LogP contribution in [0.15, 0.2) is 59.4 Å². The second-order valence-electron chi connectivity index (χ2n) is 7.86. The molecule has 0 saturated carbocycles. The highest BCUT2D eigenvalue weighted by atomic mass is 16.5. The van der Waals surface area contributed by atoms with E-state index in [9.17, 15) is 14.4 Å². The first kappa shape index (κ1) is 22.9. The van der Waals surface area contributed by atoms with Crippen LogP contribution in [0.25, 0.3) is 16.6 Å². The van der Waals surface area contributed by atoms with Crippen molar-refractivity contribution in [2.24, 2.45) is 0 Å². The molecule has 9 heteroatoms. The number of fused-ring (bicyclic) bond motifs is 1. The Bertz CT molecular complexity index is 1440. The predicted molar refractivity (Wildman–Crippen MR) is 128 cm³/mol. The number of aromatic nitrogens is 4. The number of carbonyl (C=O) groups is 2. The van der Waals surface area contributed by atoms with Gasteiger partial charge < -0.3 is 10.1 Å². The molecule has 0 spiro atoms. The third-order valence-electron chi connectivity index (χ3n) is 5.53. The molecule has 1 N–H and O–H groups in total. The first-order chi connectivity index (χ1) is 16.3. The summed E-state index contributed by atoms with van der Waals surface area (Å²) in [6, 6.07) is 15.0. The maximum absolute atomic E-state index is 13.3. The number of para-hydroxylation sites is 1. The van der Waals surface area contributed by atoms with Gasteiger partial charge in [0.2, 0.25) is 5.91 Å². The highest BCUT2D eigenvalue weighted by Crippen LogP contribution is 2.22. The Kier molecular flexibility index (Phi) is 6.27. The van der Waals surface area contributed by atoms with Crippen molar-refractivity contribution < 1.29 is 14.3 Å². The quantitative estimate of drug-likeness (QED) is 0.442. The van der Waals surface area contributed by atoms with Crippen molar-refractivity contribution in [2.45, 2.75) is 33.7 Å². The summed E-state index contributed by atoms with van der Waals surface area (Å²) in [4.78, 5) is 38.2. The molecular weight excluding hydrogens is 434 g/mol. The summed E-state index contributed by atoms with van der Waals surface area (Å²) in [5.41, 5.74) is 2.74. The molecule has 2 aromatic heterocycles. The van der Waals surface area contributed by atoms with Crippen molar-refractivity contribution >= 4 is 28.5 Å². The lowest BCUT2D eigenvalue weighted by Gasteiger charge is -2.15. The lowest BCUT2D eigenvalue weighted by molar-refractivity contribution is -0.119. The summed E-state index contributed by atoms with van der Waals surface area (Å²) in [7, 11) is 0. The molecule has 4 rings (SSSR count). The van der Waals surface area contributed by atoms with E-state index in [2.05, 4.69) is 15.5 Å². The first-order valence-corrected chi connectivity index (χ1v) is 10.9. The van der Waals surface area contributed by atoms with E-state index in [1.54, 1.807) is 43.7 Å². The number of hydrogen-bond acceptors (Lipinski definition) is 6. The Labute approximate surface area is 196 Å². The van der Waals surface area contributed by atoms with Gasteiger partial charge in [-0.2, -0.15) is 10.2 Å². The van der Waals surface area contributed by atoms with Crippen LogP contribution in [0.3, 0.4) is 0 Å². The fourth-order valence-corrected chi connectivity index (χ4v) is 3.83. The molecular formula is C25H25N5O4. The van der Waals surface area contributed by atoms with E-state index >= 15 is 0 Å². The zero-order chi connectivity index (χ0) is 24.4. The molecule has 2 aromatic carbocycles. The molecule has 0 aliphatic heterocycles. The highest BCUT2D eigenvalue weighted by Gasteiger charge is 2.23. The topological polar surface area (TPSA) is 108 Å². The minimum atomic E-state index is -0.913. The van der Waals surface area contributed by atoms with Crippen molar-refractivity contribution in [3.05, 3.63) is 81.9 Å². The second kappa shape index (κ2) is 9.30. The van der Waals surface area contributed by atoms with Crippen molar-refractivity contribution in [3.8, 4) is 5.69 Å². The smallest absolute Gasteiger partial charge is 0.338 e. The van der Waals surface area contributed by atoms with E-state index in [1.165, 1.54) is 6.07 Å². The van der Waals surface area contributed by atoms with Crippen LogP contribution in [-0.2, 0) is 9.53 Å². The van der Waals surface area contributed by atoms with Crippen LogP contribution < -0.4 is 10.9 Å². The van der Waals surface area contributed by atoms with Gasteiger partial charge in [0.05, 0.1) is 34.6 Å². The summed E-state index contributed by atoms with van der Waals surface area (Å²) in [5.74, 6) is -0.927. The maximum Gasteiger partial charge on any atom is 0.338 e. The third kappa shape index (κ3) is 4.19. The molecule has 0 aliphatic carbocycles. The number of nitrogens with zero attached hydrogens (tertiary/aromatic N) is 4. The summed E-state index contributed by atoms with van der Waals surface area (Å²) in [6.07, 6.45) is 0. The Hall–Kier alpha value is -4.27. The van der Waals surface area contributed by atoms with Crippen LogP contribution in [0, 0.1) is 13.8 Å². The highest BCUT2D eigenvalue weighted by molar-refractivity contribution is 5.96. The van der Waals surface area contributed by atoms with Gasteiger partial charge in [0.25, 0.3) is 5.56 Å². The minimum Gasteiger partial charge on any atom is -0.462 e. The zero-order valence-electron chi connectivity index (χ0n) is 19.4. The van der Waals surface area contributed by atoms with E-state index in [-0.39, 0.29) is 12.1 Å². The van der Waals surface area contributed by atoms with Crippen LogP contribution in [0.1, 0.15) is 41.6 Å². The molecule has 0 saturated heterocycles. The van der Waals surface area contributed by atoms with Crippen LogP contribution >= 0.6 is 0 Å². The van der Waals surface area contributed by atoms with Crippen molar-refractivity contribution in [2.75, 3.05) is 11.9 Å². The number of aryl methyl sites for hydroxylation is 2. The Morgan fingerprint density at radius 1 is 1.06 bits per heavy atom. The van der Waals surface area contributed by atoms with E-state index in [1.807, 2.05) is 37.3 Å². The molecule has 0 unspecified atom stereocenters. The van der Waals surface area contributed by atoms with Gasteiger partial charge in [-0.15, -0.1) is 0 Å². The number of carbonyl (C=O) groups excluding carboxylic acids is 2. The summed E-state index contributed by atoms with van der Waals surface area (Å²) in [5, 5.41) is 12.4. The molecule has 0 aliphatic rings. The molecule has 9 nitrogen and oxygen atoms in total. The lowest BCUT2D eigenvalue weighted by atomic mass is 10.2. The summed E-state index contributed by atoms with van der Waals surface area (Å²) in [6.45, 7) is 7.23. The zero-order valence-corrected chi connectivity index (χ0v) is 19.4. The predicted octanol–water partition coefficient (Wildman–Crippen LogP) is 3.58. The van der Waals surface area contributed by atoms with Gasteiger partial charge in [0, 0.05) is 5.69 Å². The molecule has 0 bridgehead atoms. The average Bonchev–Trinajstić information content (AvgIpc) is 3.20. The van der Waals surface area contributed by atoms with Gasteiger partial charge in [-0.3, -0.25) is 9.59 Å². The third-order valence-corrected chi connectivity index (χ3v) is 5.53. The normalized spacial score (nSPS) is 11.9. The van der Waals surface area contributed by atoms with E-state index in [0.717, 1.165) is 16.1 Å². The van der Waals surface area contributed by atoms with E-state index in [0.29, 0.717) is 22.3 Å². The molecule has 0 radical (unpaired) electrons. The van der Waals surface area contributed by atoms with Gasteiger partial charge in [-0.1, -0.05) is 24.3 Å². The van der Waals surface area contributed by atoms with Crippen LogP contribution in [0.2, 0.25) is 0 Å². The van der Waals surface area contributed by atoms with Gasteiger partial charge in [-0.25, -0.2) is 14.2 Å². The Morgan fingerprint density at radius 2 is 1.79 bits per heavy atom. The Balaban J connectivity index is 1.67. The van der Waals surface area contributed by atoms with E-state index in [4.69, 9.17) is 4.74 Å². The number of amides is 1. The average molecular weight is 460 g/mol. The van der Waals surface area contributed by atoms with Gasteiger partial charge >= 0.3 is 5.97 Å². The standard InChI is InChI=1S/C25H25N5O4/c1-5-34-25(33)18-10-9-11-19(14-18)26-23(31)17(4)30-24(32)22-21(15(2)27-30)16(3)29(28-22)20-12-7-6-8-13-20/h6-14,17H,5H2,1-4H3,(H,26,31)/t17-/m0/s1. The fourth-order valence-electron chi connectivity index (χ4n) is 3.83. The van der Waals surface area contributed by atoms with Crippen LogP contribution in [0.4, 0.5) is 5.69 Å². The number of rotatable bonds is 6. The van der Waals surface area contributed by atoms with Gasteiger partial charge in [0.15, 0.2) is 5.52 Å². The van der Waals surface area contributed by atoms with Crippen molar-refractivity contribution in [3.63, 3.8) is 0 Å². The lowest BCUT2D eigenvalue weighted by Crippen LogP contribution is -2.34. The number of benzene rings is 2. The fraction of sp³-hybridized carbons (Fsp3) is 0.240. The number of ether oxygens (including phenoxy) is 1. The second-order valence-corrected chi connectivity index (χ2v) is 7.86. The number of hydrogen-bond donors (Lipinski definition) is 1. The van der Waals surface area contributed by atoms with Crippen molar-refractivity contribution in [1.29, 1.82) is 0 Å². The molecule has 1 amide bonds. The maximum atomic E-state index is 13.3. The molecule has 174 valence electrons. The number of anilines is 1. The first-order valence-electron chi connectivity index (χ1n) is 10.9. The Morgan fingerprint density at radius 3 is 2.50 bits per heavy atom. The molecule has 2 heterocycles. The van der Waals surface area contributed by atoms with Crippen LogP contribution in [-0.4, -0.2) is 38.0 Å². The van der Waals surface area contributed by atoms with Crippen molar-refractivity contribution in [1.82, 2.24) is 19.6 Å². The minimum absolute atomic E-state index is 0.248. The van der Waals surface area contributed by atoms with E-state index < -0.39 is 23.5 Å². The van der Waals surface area contributed by atoms with Gasteiger partial charge in [-0.05, 0) is 58.0 Å². The molecule has 0 fully saturated rings. The summed E-state index contributed by atoms with van der Waals surface area (Å²) >= 11 is 0. The number of nitrogens with one attached hydrogen (secondary N) is 1. The molecule has 1 atom stereocenters. The SMILES string of the molecule is CCOC(=O)c1cccc(NC(=O)[C@H](C)n2nc(C)c3c(C)n(-c4ccccc4)nc3c2=O)c1. The summed E-state index contributed by atoms with van der Waals surface area (Å²) < 4.78 is 7.85. The monoisotopic (exact) mass is 459 g/mol. The number of esters is 1. The largest absolute Gasteiger partial charge is 0.462 e. The van der Waals surface area contributed by atoms with Gasteiger partial charge in [0.1, 0.15) is 6.04 Å². The molecule has 4 aromatic rings. The molecule has 34 heavy (non-hydrogen) atoms.